The second-order valence-corrected chi connectivity index (χ2v) is 12.1. The van der Waals surface area contributed by atoms with Gasteiger partial charge in [-0.15, -0.1) is 0 Å². The van der Waals surface area contributed by atoms with E-state index in [4.69, 9.17) is 9.47 Å². The maximum Gasteiger partial charge on any atom is 0.311 e. The highest BCUT2D eigenvalue weighted by atomic mass is 19.2. The number of nitrogens with zero attached hydrogens (tertiary/aromatic N) is 2. The summed E-state index contributed by atoms with van der Waals surface area (Å²) in [5.74, 6) is -29.7. The molecule has 0 atom stereocenters. The van der Waals surface area contributed by atoms with Crippen molar-refractivity contribution < 1.29 is 63.2 Å². The molecule has 6 aromatic carbocycles. The largest absolute Gasteiger partial charge is 0.482 e. The van der Waals surface area contributed by atoms with Crippen molar-refractivity contribution in [2.45, 2.75) is 18.6 Å². The molecule has 0 fully saturated rings. The molecule has 0 bridgehead atoms. The molecule has 6 rings (SSSR count). The van der Waals surface area contributed by atoms with Crippen molar-refractivity contribution in [3.63, 3.8) is 0 Å². The Morgan fingerprint density at radius 3 is 1.04 bits per heavy atom. The summed E-state index contributed by atoms with van der Waals surface area (Å²) in [6.07, 6.45) is 0. The van der Waals surface area contributed by atoms with Crippen LogP contribution < -0.4 is 9.47 Å². The summed E-state index contributed by atoms with van der Waals surface area (Å²) in [7, 11) is 0. The first-order valence-electron chi connectivity index (χ1n) is 16.1. The lowest BCUT2D eigenvalue weighted by Crippen LogP contribution is -2.37. The van der Waals surface area contributed by atoms with Crippen LogP contribution in [0, 0.1) is 78.4 Å². The Balaban J connectivity index is 1.77. The zero-order chi connectivity index (χ0) is 41.3. The van der Waals surface area contributed by atoms with Gasteiger partial charge in [0.05, 0.1) is 15.3 Å². The van der Waals surface area contributed by atoms with Crippen LogP contribution in [-0.4, -0.2) is 9.85 Å². The van der Waals surface area contributed by atoms with Gasteiger partial charge in [-0.2, -0.15) is 0 Å². The summed E-state index contributed by atoms with van der Waals surface area (Å²) in [4.78, 5) is 22.5. The number of halogens is 10. The average Bonchev–Trinajstić information content (AvgIpc) is 3.22. The zero-order valence-electron chi connectivity index (χ0n) is 28.3. The SMILES string of the molecule is O=[N+]([O-])c1cc(C(c2ccc(OCc3ccccc3)c([N+](=O)[O-])c2)(c2c(F)c(F)c(F)c(F)c2F)c2c(F)c(F)c(F)c(F)c2F)ccc1OCc1ccccc1. The maximum absolute atomic E-state index is 16.2. The van der Waals surface area contributed by atoms with Crippen molar-refractivity contribution in [2.75, 3.05) is 0 Å². The van der Waals surface area contributed by atoms with Crippen LogP contribution in [0.25, 0.3) is 0 Å². The molecule has 0 radical (unpaired) electrons. The van der Waals surface area contributed by atoms with E-state index < -0.39 is 119 Å². The molecule has 0 aromatic heterocycles. The second kappa shape index (κ2) is 15.6. The van der Waals surface area contributed by atoms with Gasteiger partial charge in [-0.25, -0.2) is 43.9 Å². The molecule has 0 aliphatic carbocycles. The molecule has 292 valence electrons. The predicted octanol–water partition coefficient (Wildman–Crippen LogP) is 10.4. The normalized spacial score (nSPS) is 11.4. The molecule has 0 unspecified atom stereocenters. The zero-order valence-corrected chi connectivity index (χ0v) is 28.3. The third kappa shape index (κ3) is 6.93. The lowest BCUT2D eigenvalue weighted by atomic mass is 9.64. The summed E-state index contributed by atoms with van der Waals surface area (Å²) in [5.41, 5.74) is -12.8. The molecule has 0 aliphatic heterocycles. The number of ether oxygens (including phenoxy) is 2. The minimum atomic E-state index is -4.07. The Morgan fingerprint density at radius 2 is 0.737 bits per heavy atom. The van der Waals surface area contributed by atoms with Gasteiger partial charge < -0.3 is 9.47 Å². The molecule has 0 heterocycles. The minimum absolute atomic E-state index is 0.266. The summed E-state index contributed by atoms with van der Waals surface area (Å²) in [5, 5.41) is 24.9. The van der Waals surface area contributed by atoms with Crippen molar-refractivity contribution in [2.24, 2.45) is 0 Å². The lowest BCUT2D eigenvalue weighted by molar-refractivity contribution is -0.386. The number of rotatable bonds is 12. The van der Waals surface area contributed by atoms with Crippen LogP contribution in [0.3, 0.4) is 0 Å². The molecule has 6 aromatic rings. The van der Waals surface area contributed by atoms with E-state index in [0.29, 0.717) is 35.4 Å². The van der Waals surface area contributed by atoms with Gasteiger partial charge >= 0.3 is 11.4 Å². The summed E-state index contributed by atoms with van der Waals surface area (Å²) < 4.78 is 166. The maximum atomic E-state index is 16.2. The van der Waals surface area contributed by atoms with Gasteiger partial charge in [0.15, 0.2) is 58.0 Å². The van der Waals surface area contributed by atoms with Crippen molar-refractivity contribution in [1.29, 1.82) is 0 Å². The fraction of sp³-hybridized carbons (Fsp3) is 0.0769. The smallest absolute Gasteiger partial charge is 0.311 e. The van der Waals surface area contributed by atoms with E-state index in [1.54, 1.807) is 36.4 Å². The lowest BCUT2D eigenvalue weighted by Gasteiger charge is -2.37. The minimum Gasteiger partial charge on any atom is -0.482 e. The van der Waals surface area contributed by atoms with Crippen LogP contribution in [0.1, 0.15) is 33.4 Å². The summed E-state index contributed by atoms with van der Waals surface area (Å²) in [6, 6.07) is 18.7. The van der Waals surface area contributed by atoms with Crippen LogP contribution in [0.5, 0.6) is 11.5 Å². The number of hydrogen-bond donors (Lipinski definition) is 0. The molecule has 0 saturated heterocycles. The molecule has 0 N–H and O–H groups in total. The van der Waals surface area contributed by atoms with E-state index in [-0.39, 0.29) is 25.3 Å². The Kier molecular flexibility index (Phi) is 10.9. The predicted molar refractivity (Wildman–Crippen MR) is 179 cm³/mol. The van der Waals surface area contributed by atoms with Gasteiger partial charge in [0.2, 0.25) is 11.6 Å². The fourth-order valence-corrected chi connectivity index (χ4v) is 6.24. The molecule has 8 nitrogen and oxygen atoms in total. The molecular weight excluding hydrogens is 782 g/mol. The van der Waals surface area contributed by atoms with Crippen LogP contribution in [0.15, 0.2) is 97.1 Å². The first kappa shape index (κ1) is 39.7. The van der Waals surface area contributed by atoms with Gasteiger partial charge in [-0.1, -0.05) is 72.8 Å². The fourth-order valence-electron chi connectivity index (χ4n) is 6.24. The Bertz CT molecular complexity index is 2330. The van der Waals surface area contributed by atoms with Crippen molar-refractivity contribution in [1.82, 2.24) is 0 Å². The molecular formula is C39H20F10N2O6. The first-order chi connectivity index (χ1) is 27.1. The van der Waals surface area contributed by atoms with Crippen LogP contribution in [0.4, 0.5) is 55.3 Å². The van der Waals surface area contributed by atoms with Gasteiger partial charge in [0.1, 0.15) is 13.2 Å². The molecule has 18 heteroatoms. The highest BCUT2D eigenvalue weighted by Gasteiger charge is 2.52. The average molecular weight is 803 g/mol. The monoisotopic (exact) mass is 802 g/mol. The Labute approximate surface area is 313 Å². The van der Waals surface area contributed by atoms with Gasteiger partial charge in [0, 0.05) is 23.3 Å². The summed E-state index contributed by atoms with van der Waals surface area (Å²) >= 11 is 0. The van der Waals surface area contributed by atoms with E-state index in [9.17, 15) is 29.0 Å². The van der Waals surface area contributed by atoms with E-state index in [1.165, 1.54) is 24.3 Å². The highest BCUT2D eigenvalue weighted by Crippen LogP contribution is 2.53. The number of nitro groups is 2. The van der Waals surface area contributed by atoms with E-state index >= 15 is 35.1 Å². The topological polar surface area (TPSA) is 105 Å². The van der Waals surface area contributed by atoms with E-state index in [0.717, 1.165) is 0 Å². The Hall–Kier alpha value is -6.98. The van der Waals surface area contributed by atoms with Gasteiger partial charge in [0.25, 0.3) is 0 Å². The number of nitro benzene ring substituents is 2. The number of hydrogen-bond acceptors (Lipinski definition) is 6. The van der Waals surface area contributed by atoms with Crippen molar-refractivity contribution in [3.8, 4) is 11.5 Å². The summed E-state index contributed by atoms with van der Waals surface area (Å²) in [6.45, 7) is -0.754. The van der Waals surface area contributed by atoms with Crippen molar-refractivity contribution >= 4 is 11.4 Å². The standard InChI is InChI=1S/C39H20F10N2O6/c40-29-27(30(41)34(45)37(48)33(29)44)39(28-31(42)35(46)38(49)36(47)32(28)43,21-11-13-25(23(15-21)50(52)53)56-17-19-7-3-1-4-8-19)22-12-14-26(24(16-22)51(54)55)57-18-20-9-5-2-6-10-20/h1-16H,17-18H2. The molecule has 0 saturated carbocycles. The third-order valence-electron chi connectivity index (χ3n) is 8.82. The molecule has 0 amide bonds. The van der Waals surface area contributed by atoms with Gasteiger partial charge in [-0.05, 0) is 34.4 Å². The van der Waals surface area contributed by atoms with Gasteiger partial charge in [-0.3, -0.25) is 20.2 Å². The van der Waals surface area contributed by atoms with Crippen LogP contribution in [-0.2, 0) is 18.6 Å². The highest BCUT2D eigenvalue weighted by molar-refractivity contribution is 5.67. The van der Waals surface area contributed by atoms with Crippen molar-refractivity contribution in [3.05, 3.63) is 209 Å². The second-order valence-electron chi connectivity index (χ2n) is 12.1. The molecule has 0 aliphatic rings. The van der Waals surface area contributed by atoms with Crippen LogP contribution in [0.2, 0.25) is 0 Å². The third-order valence-corrected chi connectivity index (χ3v) is 8.82. The van der Waals surface area contributed by atoms with E-state index in [1.807, 2.05) is 0 Å². The van der Waals surface area contributed by atoms with Crippen LogP contribution >= 0.6 is 0 Å². The molecule has 0 spiro atoms. The van der Waals surface area contributed by atoms with E-state index in [2.05, 4.69) is 0 Å². The first-order valence-corrected chi connectivity index (χ1v) is 16.1. The Morgan fingerprint density at radius 1 is 0.439 bits per heavy atom. The molecule has 57 heavy (non-hydrogen) atoms. The quantitative estimate of drug-likeness (QED) is 0.0305. The number of benzene rings is 6.